The topological polar surface area (TPSA) is 75.6 Å². The number of halogens is 1. The maximum absolute atomic E-state index is 12.0. The zero-order valence-corrected chi connectivity index (χ0v) is 12.4. The molecule has 2 N–H and O–H groups in total. The number of carboxylic acids is 1. The Hall–Kier alpha value is -1.75. The Morgan fingerprint density at radius 3 is 2.95 bits per heavy atom. The van der Waals surface area contributed by atoms with Crippen LogP contribution in [0.1, 0.15) is 24.8 Å². The number of hydrogen-bond donors (Lipinski definition) is 2. The molecule has 1 amide bonds. The third-order valence-electron chi connectivity index (χ3n) is 3.42. The van der Waals surface area contributed by atoms with Crippen LogP contribution in [0.15, 0.2) is 18.2 Å². The number of aliphatic carboxylic acids is 1. The van der Waals surface area contributed by atoms with E-state index < -0.39 is 5.97 Å². The summed E-state index contributed by atoms with van der Waals surface area (Å²) in [6.07, 6.45) is 1.97. The number of benzene rings is 1. The van der Waals surface area contributed by atoms with Crippen molar-refractivity contribution >= 4 is 23.5 Å². The lowest BCUT2D eigenvalue weighted by atomic mass is 9.96. The van der Waals surface area contributed by atoms with Crippen LogP contribution in [0.4, 0.5) is 0 Å². The van der Waals surface area contributed by atoms with Crippen LogP contribution in [0.5, 0.6) is 5.75 Å². The summed E-state index contributed by atoms with van der Waals surface area (Å²) in [6, 6.07) is 5.41. The number of carboxylic acid groups (broad SMARTS) is 1. The van der Waals surface area contributed by atoms with Crippen LogP contribution in [0.2, 0.25) is 5.02 Å². The van der Waals surface area contributed by atoms with E-state index in [0.29, 0.717) is 37.4 Å². The first-order valence-corrected chi connectivity index (χ1v) is 7.35. The summed E-state index contributed by atoms with van der Waals surface area (Å²) < 4.78 is 5.57. The van der Waals surface area contributed by atoms with E-state index in [1.165, 1.54) is 0 Å². The van der Waals surface area contributed by atoms with E-state index >= 15 is 0 Å². The van der Waals surface area contributed by atoms with Crippen LogP contribution in [0.25, 0.3) is 0 Å². The first-order valence-electron chi connectivity index (χ1n) is 6.97. The molecule has 1 aliphatic rings. The van der Waals surface area contributed by atoms with E-state index in [0.717, 1.165) is 11.3 Å². The van der Waals surface area contributed by atoms with E-state index in [1.54, 1.807) is 6.07 Å². The highest BCUT2D eigenvalue weighted by Gasteiger charge is 2.25. The zero-order valence-electron chi connectivity index (χ0n) is 11.6. The highest BCUT2D eigenvalue weighted by molar-refractivity contribution is 6.30. The normalized spacial score (nSPS) is 16.7. The van der Waals surface area contributed by atoms with Crippen molar-refractivity contribution in [1.82, 2.24) is 5.32 Å². The van der Waals surface area contributed by atoms with Gasteiger partial charge in [0, 0.05) is 18.0 Å². The molecular weight excluding hydrogens is 294 g/mol. The molecule has 0 aromatic heterocycles. The van der Waals surface area contributed by atoms with Gasteiger partial charge < -0.3 is 15.2 Å². The minimum atomic E-state index is -0.810. The number of rotatable bonds is 6. The molecule has 0 bridgehead atoms. The zero-order chi connectivity index (χ0) is 15.2. The van der Waals surface area contributed by atoms with Crippen LogP contribution >= 0.6 is 11.6 Å². The van der Waals surface area contributed by atoms with Gasteiger partial charge >= 0.3 is 5.97 Å². The van der Waals surface area contributed by atoms with Gasteiger partial charge in [-0.15, -0.1) is 0 Å². The maximum Gasteiger partial charge on any atom is 0.303 e. The molecule has 0 saturated carbocycles. The quantitative estimate of drug-likeness (QED) is 0.790. The molecule has 1 unspecified atom stereocenters. The Labute approximate surface area is 128 Å². The van der Waals surface area contributed by atoms with E-state index in [-0.39, 0.29) is 18.2 Å². The summed E-state index contributed by atoms with van der Waals surface area (Å²) in [6.45, 7) is 0.848. The Balaban J connectivity index is 1.78. The van der Waals surface area contributed by atoms with E-state index in [1.807, 2.05) is 12.1 Å². The predicted molar refractivity (Wildman–Crippen MR) is 78.6 cm³/mol. The number of carbonyl (C=O) groups excluding carboxylic acids is 1. The number of ether oxygens (including phenoxy) is 1. The molecule has 5 nitrogen and oxygen atoms in total. The number of hydrogen-bond acceptors (Lipinski definition) is 3. The fourth-order valence-corrected chi connectivity index (χ4v) is 2.48. The number of nitrogens with one attached hydrogen (secondary N) is 1. The van der Waals surface area contributed by atoms with Crippen molar-refractivity contribution < 1.29 is 19.4 Å². The first-order chi connectivity index (χ1) is 10.1. The average molecular weight is 312 g/mol. The summed E-state index contributed by atoms with van der Waals surface area (Å²) >= 11 is 5.94. The highest BCUT2D eigenvalue weighted by Crippen LogP contribution is 2.29. The van der Waals surface area contributed by atoms with Gasteiger partial charge in [0.1, 0.15) is 12.4 Å². The number of unbranched alkanes of at least 4 members (excludes halogenated alkanes) is 1. The Morgan fingerprint density at radius 2 is 2.19 bits per heavy atom. The second-order valence-electron chi connectivity index (χ2n) is 5.11. The summed E-state index contributed by atoms with van der Waals surface area (Å²) in [7, 11) is 0. The van der Waals surface area contributed by atoms with E-state index in [4.69, 9.17) is 21.4 Å². The lowest BCUT2D eigenvalue weighted by molar-refractivity contribution is -0.137. The molecule has 114 valence electrons. The predicted octanol–water partition coefficient (Wildman–Crippen LogP) is 2.26. The van der Waals surface area contributed by atoms with Crippen molar-refractivity contribution in [1.29, 1.82) is 0 Å². The second kappa shape index (κ2) is 7.31. The highest BCUT2D eigenvalue weighted by atomic mass is 35.5. The van der Waals surface area contributed by atoms with Crippen molar-refractivity contribution in [2.24, 2.45) is 5.92 Å². The number of amides is 1. The van der Waals surface area contributed by atoms with Crippen LogP contribution in [-0.2, 0) is 16.0 Å². The van der Waals surface area contributed by atoms with Crippen molar-refractivity contribution in [2.75, 3.05) is 13.2 Å². The summed E-state index contributed by atoms with van der Waals surface area (Å²) in [5, 5.41) is 12.0. The van der Waals surface area contributed by atoms with Gasteiger partial charge in [-0.1, -0.05) is 11.6 Å². The van der Waals surface area contributed by atoms with Gasteiger partial charge in [-0.25, -0.2) is 0 Å². The molecule has 0 aliphatic carbocycles. The lowest BCUT2D eigenvalue weighted by Gasteiger charge is -2.24. The third-order valence-corrected chi connectivity index (χ3v) is 3.65. The molecule has 21 heavy (non-hydrogen) atoms. The van der Waals surface area contributed by atoms with Crippen molar-refractivity contribution in [3.8, 4) is 5.75 Å². The molecule has 1 aromatic rings. The molecule has 2 rings (SSSR count). The van der Waals surface area contributed by atoms with E-state index in [2.05, 4.69) is 5.32 Å². The molecular formula is C15H18ClNO4. The Morgan fingerprint density at radius 1 is 1.38 bits per heavy atom. The maximum atomic E-state index is 12.0. The minimum absolute atomic E-state index is 0.0593. The van der Waals surface area contributed by atoms with Gasteiger partial charge in [0.2, 0.25) is 5.91 Å². The van der Waals surface area contributed by atoms with Gasteiger partial charge in [0.05, 0.1) is 5.92 Å². The molecule has 0 radical (unpaired) electrons. The summed E-state index contributed by atoms with van der Waals surface area (Å²) in [5.74, 6) is -0.313. The van der Waals surface area contributed by atoms with Crippen LogP contribution in [0.3, 0.4) is 0 Å². The number of fused-ring (bicyclic) bond motifs is 1. The molecule has 1 atom stereocenters. The smallest absolute Gasteiger partial charge is 0.303 e. The third kappa shape index (κ3) is 4.63. The van der Waals surface area contributed by atoms with Crippen LogP contribution < -0.4 is 10.1 Å². The fraction of sp³-hybridized carbons (Fsp3) is 0.467. The van der Waals surface area contributed by atoms with Gasteiger partial charge in [-0.2, -0.15) is 0 Å². The monoisotopic (exact) mass is 311 g/mol. The van der Waals surface area contributed by atoms with Crippen LogP contribution in [-0.4, -0.2) is 30.1 Å². The van der Waals surface area contributed by atoms with Crippen molar-refractivity contribution in [3.05, 3.63) is 28.8 Å². The number of carbonyl (C=O) groups is 2. The molecule has 1 aromatic carbocycles. The molecule has 1 aliphatic heterocycles. The minimum Gasteiger partial charge on any atom is -0.492 e. The second-order valence-corrected chi connectivity index (χ2v) is 5.54. The first kappa shape index (κ1) is 15.6. The SMILES string of the molecule is O=C(O)CCCCNC(=O)C1COc2ccc(Cl)cc2C1. The van der Waals surface area contributed by atoms with Gasteiger partial charge in [0.25, 0.3) is 0 Å². The van der Waals surface area contributed by atoms with Crippen LogP contribution in [0, 0.1) is 5.92 Å². The van der Waals surface area contributed by atoms with Crippen molar-refractivity contribution in [2.45, 2.75) is 25.7 Å². The largest absolute Gasteiger partial charge is 0.492 e. The molecule has 0 fully saturated rings. The molecule has 0 spiro atoms. The standard InChI is InChI=1S/C15H18ClNO4/c16-12-4-5-13-10(8-12)7-11(9-21-13)15(20)17-6-2-1-3-14(18)19/h4-5,8,11H,1-3,6-7,9H2,(H,17,20)(H,18,19). The Kier molecular flexibility index (Phi) is 5.44. The Bertz CT molecular complexity index is 532. The molecule has 0 saturated heterocycles. The molecule has 1 heterocycles. The van der Waals surface area contributed by atoms with Gasteiger partial charge in [0.15, 0.2) is 0 Å². The van der Waals surface area contributed by atoms with Gasteiger partial charge in [-0.05, 0) is 43.0 Å². The average Bonchev–Trinajstić information content (AvgIpc) is 2.45. The van der Waals surface area contributed by atoms with Crippen molar-refractivity contribution in [3.63, 3.8) is 0 Å². The lowest BCUT2D eigenvalue weighted by Crippen LogP contribution is -2.37. The fourth-order valence-electron chi connectivity index (χ4n) is 2.29. The van der Waals surface area contributed by atoms with Gasteiger partial charge in [-0.3, -0.25) is 9.59 Å². The summed E-state index contributed by atoms with van der Waals surface area (Å²) in [5.41, 5.74) is 0.944. The summed E-state index contributed by atoms with van der Waals surface area (Å²) in [4.78, 5) is 22.4. The molecule has 6 heteroatoms. The van der Waals surface area contributed by atoms with E-state index in [9.17, 15) is 9.59 Å².